The van der Waals surface area contributed by atoms with E-state index in [1.165, 1.54) is 4.68 Å². The number of ether oxygens (including phenoxy) is 1. The molecule has 3 rings (SSSR count). The summed E-state index contributed by atoms with van der Waals surface area (Å²) in [6.07, 6.45) is 7.70. The Hall–Kier alpha value is -2.91. The Morgan fingerprint density at radius 2 is 2.18 bits per heavy atom. The molecule has 0 bridgehead atoms. The summed E-state index contributed by atoms with van der Waals surface area (Å²) < 4.78 is 7.65. The largest absolute Gasteiger partial charge is 0.481 e. The lowest BCUT2D eigenvalue weighted by molar-refractivity contribution is 0.370. The number of hydrogen-bond donors (Lipinski definition) is 0. The SMILES string of the molecule is C#CCOc1cccc(C=Nn2c([C@H](C)CC)nc3ccc(Br)cc3c2=O)c1. The average Bonchev–Trinajstić information content (AvgIpc) is 2.71. The number of aromatic nitrogens is 2. The van der Waals surface area contributed by atoms with Gasteiger partial charge in [0, 0.05) is 10.4 Å². The van der Waals surface area contributed by atoms with Crippen molar-refractivity contribution in [1.82, 2.24) is 9.66 Å². The topological polar surface area (TPSA) is 56.5 Å². The highest BCUT2D eigenvalue weighted by atomic mass is 79.9. The van der Waals surface area contributed by atoms with Crippen molar-refractivity contribution in [2.45, 2.75) is 26.2 Å². The molecule has 1 heterocycles. The normalized spacial score (nSPS) is 12.2. The van der Waals surface area contributed by atoms with Crippen molar-refractivity contribution in [2.75, 3.05) is 6.61 Å². The van der Waals surface area contributed by atoms with Crippen LogP contribution in [0.15, 0.2) is 56.8 Å². The molecule has 3 aromatic rings. The fraction of sp³-hybridized carbons (Fsp3) is 0.227. The zero-order valence-corrected chi connectivity index (χ0v) is 17.3. The Bertz CT molecular complexity index is 1130. The molecule has 1 atom stereocenters. The van der Waals surface area contributed by atoms with E-state index >= 15 is 0 Å². The zero-order valence-electron chi connectivity index (χ0n) is 15.7. The summed E-state index contributed by atoms with van der Waals surface area (Å²) in [5.74, 6) is 3.81. The Labute approximate surface area is 172 Å². The molecule has 0 unspecified atom stereocenters. The van der Waals surface area contributed by atoms with Gasteiger partial charge in [-0.25, -0.2) is 4.98 Å². The van der Waals surface area contributed by atoms with Gasteiger partial charge in [-0.2, -0.15) is 9.78 Å². The smallest absolute Gasteiger partial charge is 0.282 e. The summed E-state index contributed by atoms with van der Waals surface area (Å²) in [4.78, 5) is 17.8. The molecule has 0 aliphatic rings. The maximum atomic E-state index is 13.1. The summed E-state index contributed by atoms with van der Waals surface area (Å²) in [6, 6.07) is 12.9. The highest BCUT2D eigenvalue weighted by molar-refractivity contribution is 9.10. The van der Waals surface area contributed by atoms with Crippen LogP contribution in [-0.2, 0) is 0 Å². The van der Waals surface area contributed by atoms with Crippen LogP contribution in [0.2, 0.25) is 0 Å². The lowest BCUT2D eigenvalue weighted by atomic mass is 10.1. The summed E-state index contributed by atoms with van der Waals surface area (Å²) in [5.41, 5.74) is 1.27. The minimum absolute atomic E-state index is 0.0863. The van der Waals surface area contributed by atoms with Crippen molar-refractivity contribution in [3.63, 3.8) is 0 Å². The molecule has 6 heteroatoms. The Balaban J connectivity index is 2.08. The third kappa shape index (κ3) is 4.32. The van der Waals surface area contributed by atoms with E-state index in [9.17, 15) is 4.79 Å². The third-order valence-corrected chi connectivity index (χ3v) is 4.88. The molecule has 5 nitrogen and oxygen atoms in total. The van der Waals surface area contributed by atoms with E-state index in [1.807, 2.05) is 43.3 Å². The molecule has 2 aromatic carbocycles. The first-order chi connectivity index (χ1) is 13.5. The number of halogens is 1. The highest BCUT2D eigenvalue weighted by Gasteiger charge is 2.15. The molecular formula is C22H20BrN3O2. The second-order valence-electron chi connectivity index (χ2n) is 6.37. The Kier molecular flexibility index (Phi) is 6.27. The Morgan fingerprint density at radius 3 is 2.93 bits per heavy atom. The number of terminal acetylenes is 1. The molecule has 0 aliphatic heterocycles. The van der Waals surface area contributed by atoms with Crippen LogP contribution in [0.1, 0.15) is 37.6 Å². The van der Waals surface area contributed by atoms with Crippen molar-refractivity contribution in [1.29, 1.82) is 0 Å². The molecule has 0 saturated carbocycles. The lowest BCUT2D eigenvalue weighted by Gasteiger charge is -2.14. The fourth-order valence-electron chi connectivity index (χ4n) is 2.71. The number of nitrogens with zero attached hydrogens (tertiary/aromatic N) is 3. The van der Waals surface area contributed by atoms with Gasteiger partial charge in [0.05, 0.1) is 17.1 Å². The maximum Gasteiger partial charge on any atom is 0.282 e. The summed E-state index contributed by atoms with van der Waals surface area (Å²) in [5, 5.41) is 4.97. The van der Waals surface area contributed by atoms with Gasteiger partial charge in [0.2, 0.25) is 0 Å². The molecule has 0 amide bonds. The van der Waals surface area contributed by atoms with Crippen LogP contribution >= 0.6 is 15.9 Å². The standard InChI is InChI=1S/C22H20BrN3O2/c1-4-11-28-18-8-6-7-16(12-18)14-24-26-21(15(3)5-2)25-20-10-9-17(23)13-19(20)22(26)27/h1,6-10,12-15H,5,11H2,2-3H3/t15-/m1/s1. The second kappa shape index (κ2) is 8.85. The number of fused-ring (bicyclic) bond motifs is 1. The molecule has 142 valence electrons. The number of hydrogen-bond acceptors (Lipinski definition) is 4. The van der Waals surface area contributed by atoms with Crippen LogP contribution in [-0.4, -0.2) is 22.5 Å². The second-order valence-corrected chi connectivity index (χ2v) is 7.28. The van der Waals surface area contributed by atoms with E-state index in [2.05, 4.69) is 33.9 Å². The van der Waals surface area contributed by atoms with Gasteiger partial charge in [-0.1, -0.05) is 47.8 Å². The third-order valence-electron chi connectivity index (χ3n) is 4.39. The minimum atomic E-state index is -0.197. The van der Waals surface area contributed by atoms with Gasteiger partial charge in [-0.15, -0.1) is 6.42 Å². The van der Waals surface area contributed by atoms with Crippen molar-refractivity contribution >= 4 is 33.0 Å². The van der Waals surface area contributed by atoms with Crippen LogP contribution in [0.3, 0.4) is 0 Å². The van der Waals surface area contributed by atoms with Crippen LogP contribution < -0.4 is 10.3 Å². The van der Waals surface area contributed by atoms with Gasteiger partial charge in [0.25, 0.3) is 5.56 Å². The van der Waals surface area contributed by atoms with Gasteiger partial charge < -0.3 is 4.74 Å². The minimum Gasteiger partial charge on any atom is -0.481 e. The summed E-state index contributed by atoms with van der Waals surface area (Å²) in [6.45, 7) is 4.29. The van der Waals surface area contributed by atoms with Crippen LogP contribution in [0, 0.1) is 12.3 Å². The van der Waals surface area contributed by atoms with E-state index in [1.54, 1.807) is 12.3 Å². The zero-order chi connectivity index (χ0) is 20.1. The average molecular weight is 438 g/mol. The molecular weight excluding hydrogens is 418 g/mol. The molecule has 1 aromatic heterocycles. The molecule has 28 heavy (non-hydrogen) atoms. The quantitative estimate of drug-likeness (QED) is 0.419. The molecule has 0 fully saturated rings. The predicted molar refractivity (Wildman–Crippen MR) is 116 cm³/mol. The van der Waals surface area contributed by atoms with Crippen LogP contribution in [0.4, 0.5) is 0 Å². The van der Waals surface area contributed by atoms with Gasteiger partial charge >= 0.3 is 0 Å². The summed E-state index contributed by atoms with van der Waals surface area (Å²) in [7, 11) is 0. The highest BCUT2D eigenvalue weighted by Crippen LogP contribution is 2.21. The van der Waals surface area contributed by atoms with Gasteiger partial charge in [0.1, 0.15) is 18.2 Å². The molecule has 0 aliphatic carbocycles. The Morgan fingerprint density at radius 1 is 1.36 bits per heavy atom. The first-order valence-electron chi connectivity index (χ1n) is 8.96. The lowest BCUT2D eigenvalue weighted by Crippen LogP contribution is -2.23. The summed E-state index contributed by atoms with van der Waals surface area (Å²) >= 11 is 3.41. The monoisotopic (exact) mass is 437 g/mol. The van der Waals surface area contributed by atoms with Crippen molar-refractivity contribution in [3.05, 3.63) is 68.7 Å². The predicted octanol–water partition coefficient (Wildman–Crippen LogP) is 4.57. The van der Waals surface area contributed by atoms with E-state index in [0.29, 0.717) is 22.5 Å². The number of rotatable bonds is 6. The number of benzene rings is 2. The van der Waals surface area contributed by atoms with Gasteiger partial charge in [-0.3, -0.25) is 4.79 Å². The first kappa shape index (κ1) is 19.8. The van der Waals surface area contributed by atoms with Crippen molar-refractivity contribution < 1.29 is 4.74 Å². The van der Waals surface area contributed by atoms with Crippen LogP contribution in [0.25, 0.3) is 10.9 Å². The van der Waals surface area contributed by atoms with Crippen LogP contribution in [0.5, 0.6) is 5.75 Å². The van der Waals surface area contributed by atoms with Gasteiger partial charge in [-0.05, 0) is 42.3 Å². The van der Waals surface area contributed by atoms with E-state index < -0.39 is 0 Å². The molecule has 0 N–H and O–H groups in total. The first-order valence-corrected chi connectivity index (χ1v) is 9.75. The molecule has 0 saturated heterocycles. The fourth-order valence-corrected chi connectivity index (χ4v) is 3.07. The maximum absolute atomic E-state index is 13.1. The van der Waals surface area contributed by atoms with Crippen molar-refractivity contribution in [2.24, 2.45) is 5.10 Å². The van der Waals surface area contributed by atoms with Gasteiger partial charge in [0.15, 0.2) is 0 Å². The van der Waals surface area contributed by atoms with Crippen molar-refractivity contribution in [3.8, 4) is 18.1 Å². The molecule has 0 spiro atoms. The van der Waals surface area contributed by atoms with E-state index in [0.717, 1.165) is 16.5 Å². The van der Waals surface area contributed by atoms with E-state index in [-0.39, 0.29) is 18.1 Å². The molecule has 0 radical (unpaired) electrons. The van der Waals surface area contributed by atoms with E-state index in [4.69, 9.17) is 16.1 Å².